The van der Waals surface area contributed by atoms with Crippen molar-refractivity contribution in [3.05, 3.63) is 0 Å². The van der Waals surface area contributed by atoms with Gasteiger partial charge in [0.15, 0.2) is 0 Å². The number of hydrogen-bond acceptors (Lipinski definition) is 1. The lowest BCUT2D eigenvalue weighted by Crippen LogP contribution is -1.94. The molecule has 1 N–H and O–H groups in total. The lowest BCUT2D eigenvalue weighted by atomic mass is 10.3. The molecule has 1 rings (SSSR count). The third-order valence-electron chi connectivity index (χ3n) is 1.50. The van der Waals surface area contributed by atoms with Crippen molar-refractivity contribution in [2.24, 2.45) is 0 Å². The number of rotatable bonds is 0. The van der Waals surface area contributed by atoms with Crippen molar-refractivity contribution in [3.63, 3.8) is 0 Å². The van der Waals surface area contributed by atoms with Gasteiger partial charge in [-0.15, -0.1) is 0 Å². The largest absolute Gasteiger partial charge is 0.400 e. The number of aliphatic hydroxyl groups excluding tert-OH is 1. The highest BCUT2D eigenvalue weighted by atomic mass is 28.2. The Morgan fingerprint density at radius 3 is 1.56 bits per heavy atom. The molecule has 0 unspecified atom stereocenters. The molecule has 0 aliphatic carbocycles. The minimum absolute atomic E-state index is 0. The number of aliphatic hydroxyl groups is 1. The van der Waals surface area contributed by atoms with Crippen LogP contribution in [0.1, 0.15) is 19.3 Å². The third kappa shape index (κ3) is 8.11. The van der Waals surface area contributed by atoms with Crippen LogP contribution in [-0.2, 0) is 0 Å². The Balaban J connectivity index is 0. The fourth-order valence-electron chi connectivity index (χ4n) is 1.06. The highest BCUT2D eigenvalue weighted by Gasteiger charge is 1.96. The predicted octanol–water partition coefficient (Wildman–Crippen LogP) is 0.937. The zero-order chi connectivity index (χ0) is 6.24. The molecule has 1 aliphatic heterocycles. The summed E-state index contributed by atoms with van der Waals surface area (Å²) in [6.45, 7) is 0. The molecular formula is C6H17FOSi. The summed E-state index contributed by atoms with van der Waals surface area (Å²) in [7, 11) is 1.51. The Morgan fingerprint density at radius 1 is 1.00 bits per heavy atom. The first-order chi connectivity index (χ1) is 4.00. The summed E-state index contributed by atoms with van der Waals surface area (Å²) in [6.07, 6.45) is 4.66. The minimum atomic E-state index is 0. The van der Waals surface area contributed by atoms with Crippen molar-refractivity contribution < 1.29 is 9.81 Å². The highest BCUT2D eigenvalue weighted by Crippen LogP contribution is 2.10. The molecule has 0 spiro atoms. The Morgan fingerprint density at radius 2 is 1.44 bits per heavy atom. The Labute approximate surface area is 58.7 Å². The van der Waals surface area contributed by atoms with E-state index in [0.717, 1.165) is 7.11 Å². The van der Waals surface area contributed by atoms with Gasteiger partial charge in [0.25, 0.3) is 0 Å². The summed E-state index contributed by atoms with van der Waals surface area (Å²) >= 11 is 0. The maximum absolute atomic E-state index is 7.00. The molecule has 3 heteroatoms. The molecule has 0 saturated carbocycles. The lowest BCUT2D eigenvalue weighted by Gasteiger charge is -2.04. The molecule has 0 radical (unpaired) electrons. The van der Waals surface area contributed by atoms with Crippen LogP contribution in [0.15, 0.2) is 0 Å². The summed E-state index contributed by atoms with van der Waals surface area (Å²) in [4.78, 5) is 0. The first-order valence-electron chi connectivity index (χ1n) is 3.45. The summed E-state index contributed by atoms with van der Waals surface area (Å²) in [5.41, 5.74) is 0. The second kappa shape index (κ2) is 11.0. The van der Waals surface area contributed by atoms with Crippen LogP contribution in [0.4, 0.5) is 4.70 Å². The van der Waals surface area contributed by atoms with Gasteiger partial charge in [-0.2, -0.15) is 0 Å². The average molecular weight is 152 g/mol. The lowest BCUT2D eigenvalue weighted by molar-refractivity contribution is 0.399. The molecule has 58 valence electrons. The van der Waals surface area contributed by atoms with Crippen LogP contribution in [0.5, 0.6) is 0 Å². The molecule has 1 saturated heterocycles. The van der Waals surface area contributed by atoms with E-state index in [1.807, 2.05) is 0 Å². The quantitative estimate of drug-likeness (QED) is 0.512. The van der Waals surface area contributed by atoms with E-state index in [2.05, 4.69) is 0 Å². The van der Waals surface area contributed by atoms with Gasteiger partial charge in [-0.3, -0.25) is 4.70 Å². The van der Waals surface area contributed by atoms with E-state index in [1.165, 1.54) is 6.42 Å². The molecule has 9 heavy (non-hydrogen) atoms. The monoisotopic (exact) mass is 152 g/mol. The van der Waals surface area contributed by atoms with E-state index in [9.17, 15) is 0 Å². The second-order valence-corrected chi connectivity index (χ2v) is 4.24. The number of hydrogen-bond donors (Lipinski definition) is 1. The van der Waals surface area contributed by atoms with Crippen molar-refractivity contribution in [1.29, 1.82) is 0 Å². The van der Waals surface area contributed by atoms with Crippen molar-refractivity contribution in [3.8, 4) is 0 Å². The van der Waals surface area contributed by atoms with Gasteiger partial charge >= 0.3 is 0 Å². The van der Waals surface area contributed by atoms with Crippen LogP contribution >= 0.6 is 0 Å². The summed E-state index contributed by atoms with van der Waals surface area (Å²) < 4.78 is 0. The second-order valence-electron chi connectivity index (χ2n) is 2.12. The van der Waals surface area contributed by atoms with Crippen molar-refractivity contribution >= 4 is 9.52 Å². The third-order valence-corrected chi connectivity index (χ3v) is 3.50. The molecule has 0 aromatic heterocycles. The molecular weight excluding hydrogens is 135 g/mol. The zero-order valence-electron chi connectivity index (χ0n) is 6.10. The Kier molecular flexibility index (Phi) is 14.5. The smallest absolute Gasteiger partial charge is 0.0319 e. The fraction of sp³-hybridized carbons (Fsp3) is 1.00. The van der Waals surface area contributed by atoms with E-state index >= 15 is 0 Å². The predicted molar refractivity (Wildman–Crippen MR) is 42.7 cm³/mol. The Hall–Kier alpha value is 0.107. The summed E-state index contributed by atoms with van der Waals surface area (Å²) in [5, 5.41) is 7.00. The van der Waals surface area contributed by atoms with Crippen LogP contribution in [0.25, 0.3) is 0 Å². The maximum atomic E-state index is 7.00. The average Bonchev–Trinajstić information content (AvgIpc) is 1.96. The molecule has 0 aromatic carbocycles. The SMILES string of the molecule is C1CC[SiH2]CC1.CO.F. The summed E-state index contributed by atoms with van der Waals surface area (Å²) in [5.74, 6) is 0. The molecule has 0 amide bonds. The fourth-order valence-corrected chi connectivity index (χ4v) is 2.83. The van der Waals surface area contributed by atoms with Crippen LogP contribution < -0.4 is 0 Å². The number of halogens is 1. The van der Waals surface area contributed by atoms with Gasteiger partial charge < -0.3 is 5.11 Å². The van der Waals surface area contributed by atoms with Crippen molar-refractivity contribution in [2.45, 2.75) is 31.4 Å². The van der Waals surface area contributed by atoms with E-state index in [4.69, 9.17) is 5.11 Å². The van der Waals surface area contributed by atoms with Crippen molar-refractivity contribution in [2.75, 3.05) is 7.11 Å². The van der Waals surface area contributed by atoms with E-state index in [-0.39, 0.29) is 4.70 Å². The van der Waals surface area contributed by atoms with Gasteiger partial charge in [0, 0.05) is 16.6 Å². The van der Waals surface area contributed by atoms with Gasteiger partial charge in [0.1, 0.15) is 0 Å². The molecule has 1 fully saturated rings. The zero-order valence-corrected chi connectivity index (χ0v) is 7.51. The molecule has 1 aliphatic rings. The molecule has 0 bridgehead atoms. The van der Waals surface area contributed by atoms with Gasteiger partial charge in [-0.05, 0) is 0 Å². The van der Waals surface area contributed by atoms with Crippen LogP contribution in [0.3, 0.4) is 0 Å². The molecule has 0 atom stereocenters. The van der Waals surface area contributed by atoms with Crippen molar-refractivity contribution in [1.82, 2.24) is 0 Å². The maximum Gasteiger partial charge on any atom is 0.0319 e. The van der Waals surface area contributed by atoms with Crippen LogP contribution in [0, 0.1) is 0 Å². The van der Waals surface area contributed by atoms with Gasteiger partial charge in [0.05, 0.1) is 0 Å². The molecule has 1 nitrogen and oxygen atoms in total. The van der Waals surface area contributed by atoms with Crippen LogP contribution in [0.2, 0.25) is 12.1 Å². The topological polar surface area (TPSA) is 20.2 Å². The highest BCUT2D eigenvalue weighted by molar-refractivity contribution is 6.35. The van der Waals surface area contributed by atoms with Gasteiger partial charge in [-0.25, -0.2) is 0 Å². The normalized spacial score (nSPS) is 16.7. The summed E-state index contributed by atoms with van der Waals surface area (Å²) in [6, 6.07) is 3.28. The van der Waals surface area contributed by atoms with Gasteiger partial charge in [-0.1, -0.05) is 31.4 Å². The van der Waals surface area contributed by atoms with Gasteiger partial charge in [0.2, 0.25) is 0 Å². The molecule has 0 aromatic rings. The van der Waals surface area contributed by atoms with E-state index in [0.29, 0.717) is 9.52 Å². The van der Waals surface area contributed by atoms with E-state index < -0.39 is 0 Å². The first kappa shape index (κ1) is 11.9. The van der Waals surface area contributed by atoms with Crippen LogP contribution in [-0.4, -0.2) is 21.7 Å². The van der Waals surface area contributed by atoms with E-state index in [1.54, 1.807) is 24.9 Å². The standard InChI is InChI=1S/C5H12Si.CH4O.FH/c1-2-4-6-5-3-1;1-2;/h1-6H2;2H,1H3;1H. The Bertz CT molecular complexity index is 28.5. The minimum Gasteiger partial charge on any atom is -0.400 e. The molecule has 1 heterocycles. The first-order valence-corrected chi connectivity index (χ1v) is 5.45.